The Bertz CT molecular complexity index is 658. The Morgan fingerprint density at radius 1 is 1.41 bits per heavy atom. The summed E-state index contributed by atoms with van der Waals surface area (Å²) in [4.78, 5) is 16.0. The highest BCUT2D eigenvalue weighted by Crippen LogP contribution is 2.29. The zero-order chi connectivity index (χ0) is 15.5. The molecule has 8 heteroatoms. The molecule has 2 N–H and O–H groups in total. The summed E-state index contributed by atoms with van der Waals surface area (Å²) in [6.07, 6.45) is 1.95. The van der Waals surface area contributed by atoms with Crippen LogP contribution in [0.1, 0.15) is 18.1 Å². The van der Waals surface area contributed by atoms with Crippen LogP contribution in [0.25, 0.3) is 0 Å². The molecule has 2 amide bonds. The summed E-state index contributed by atoms with van der Waals surface area (Å²) >= 11 is 5.90. The van der Waals surface area contributed by atoms with Crippen LogP contribution >= 0.6 is 11.6 Å². The van der Waals surface area contributed by atoms with Crippen molar-refractivity contribution in [3.05, 3.63) is 41.2 Å². The van der Waals surface area contributed by atoms with Crippen molar-refractivity contribution in [2.24, 2.45) is 7.05 Å². The molecule has 3 rings (SSSR count). The molecule has 0 unspecified atom stereocenters. The second-order valence-corrected chi connectivity index (χ2v) is 5.48. The lowest BCUT2D eigenvalue weighted by Gasteiger charge is -2.20. The average Bonchev–Trinajstić information content (AvgIpc) is 3.10. The lowest BCUT2D eigenvalue weighted by molar-refractivity contribution is 0.100. The number of aromatic nitrogens is 3. The molecule has 116 valence electrons. The van der Waals surface area contributed by atoms with Gasteiger partial charge in [-0.2, -0.15) is 10.1 Å². The number of benzene rings is 1. The van der Waals surface area contributed by atoms with E-state index in [4.69, 9.17) is 16.3 Å². The molecule has 2 atom stereocenters. The molecule has 7 nitrogen and oxygen atoms in total. The molecule has 1 aromatic carbocycles. The van der Waals surface area contributed by atoms with Gasteiger partial charge in [-0.3, -0.25) is 5.32 Å². The molecule has 1 saturated heterocycles. The van der Waals surface area contributed by atoms with E-state index in [1.165, 1.54) is 11.0 Å². The van der Waals surface area contributed by atoms with Crippen molar-refractivity contribution < 1.29 is 9.53 Å². The van der Waals surface area contributed by atoms with Gasteiger partial charge in [-0.05, 0) is 24.1 Å². The number of aryl methyl sites for hydroxylation is 1. The van der Waals surface area contributed by atoms with Crippen molar-refractivity contribution >= 4 is 23.6 Å². The molecule has 1 aliphatic rings. The zero-order valence-corrected chi connectivity index (χ0v) is 12.7. The van der Waals surface area contributed by atoms with Gasteiger partial charge in [-0.25, -0.2) is 9.48 Å². The predicted octanol–water partition coefficient (Wildman–Crippen LogP) is 2.12. The normalized spacial score (nSPS) is 20.8. The van der Waals surface area contributed by atoms with E-state index in [1.807, 2.05) is 24.3 Å². The van der Waals surface area contributed by atoms with Gasteiger partial charge >= 0.3 is 6.03 Å². The van der Waals surface area contributed by atoms with Crippen LogP contribution in [-0.2, 0) is 11.8 Å². The van der Waals surface area contributed by atoms with Crippen LogP contribution in [0.2, 0.25) is 5.02 Å². The van der Waals surface area contributed by atoms with Gasteiger partial charge in [0.15, 0.2) is 0 Å². The number of halogens is 1. The molecule has 1 aliphatic heterocycles. The third-order valence-corrected chi connectivity index (χ3v) is 3.80. The van der Waals surface area contributed by atoms with E-state index in [9.17, 15) is 4.79 Å². The van der Waals surface area contributed by atoms with Crippen molar-refractivity contribution in [1.82, 2.24) is 20.1 Å². The van der Waals surface area contributed by atoms with Gasteiger partial charge in [0.05, 0.1) is 6.04 Å². The molecular formula is C14H16ClN5O2. The summed E-state index contributed by atoms with van der Waals surface area (Å²) in [5.41, 5.74) is 0.992. The number of hydrogen-bond donors (Lipinski definition) is 2. The van der Waals surface area contributed by atoms with Gasteiger partial charge in [0.1, 0.15) is 12.4 Å². The average molecular weight is 322 g/mol. The number of nitrogens with zero attached hydrogens (tertiary/aromatic N) is 3. The molecule has 0 bridgehead atoms. The van der Waals surface area contributed by atoms with Crippen molar-refractivity contribution in [1.29, 1.82) is 0 Å². The summed E-state index contributed by atoms with van der Waals surface area (Å²) in [7, 11) is 1.71. The number of hydrogen-bond acceptors (Lipinski definition) is 4. The topological polar surface area (TPSA) is 81.1 Å². The standard InChI is InChI=1S/C14H16ClN5O2/c1-20-13(16-8-17-20)19-14(21)18-11-6-7-22-12(11)9-2-4-10(15)5-3-9/h2-5,8,11-12H,6-7H2,1H3,(H2,16,17,18,19,21)/t11-,12-/m0/s1. The van der Waals surface area contributed by atoms with Crippen LogP contribution in [0, 0.1) is 0 Å². The number of urea groups is 1. The lowest BCUT2D eigenvalue weighted by atomic mass is 10.0. The van der Waals surface area contributed by atoms with Crippen molar-refractivity contribution in [2.45, 2.75) is 18.6 Å². The number of ether oxygens (including phenoxy) is 1. The molecule has 1 aromatic heterocycles. The first-order chi connectivity index (χ1) is 10.6. The molecule has 2 aromatic rings. The van der Waals surface area contributed by atoms with Gasteiger partial charge in [-0.15, -0.1) is 0 Å². The third-order valence-electron chi connectivity index (χ3n) is 3.54. The highest BCUT2D eigenvalue weighted by atomic mass is 35.5. The number of rotatable bonds is 3. The van der Waals surface area contributed by atoms with Crippen LogP contribution in [0.3, 0.4) is 0 Å². The van der Waals surface area contributed by atoms with Gasteiger partial charge in [0.2, 0.25) is 5.95 Å². The fourth-order valence-corrected chi connectivity index (χ4v) is 2.56. The zero-order valence-electron chi connectivity index (χ0n) is 12.0. The van der Waals surface area contributed by atoms with Crippen LogP contribution < -0.4 is 10.6 Å². The molecule has 22 heavy (non-hydrogen) atoms. The summed E-state index contributed by atoms with van der Waals surface area (Å²) in [5, 5.41) is 10.1. The molecule has 1 fully saturated rings. The predicted molar refractivity (Wildman–Crippen MR) is 81.7 cm³/mol. The number of carbonyl (C=O) groups excluding carboxylic acids is 1. The summed E-state index contributed by atoms with van der Waals surface area (Å²) in [6, 6.07) is 7.02. The Morgan fingerprint density at radius 3 is 2.86 bits per heavy atom. The van der Waals surface area contributed by atoms with E-state index in [1.54, 1.807) is 7.05 Å². The summed E-state index contributed by atoms with van der Waals surface area (Å²) < 4.78 is 7.22. The SMILES string of the molecule is Cn1ncnc1NC(=O)N[C@H]1CCO[C@H]1c1ccc(Cl)cc1. The Balaban J connectivity index is 1.64. The molecule has 0 aliphatic carbocycles. The van der Waals surface area contributed by atoms with E-state index in [-0.39, 0.29) is 18.2 Å². The largest absolute Gasteiger partial charge is 0.371 e. The van der Waals surface area contributed by atoms with E-state index >= 15 is 0 Å². The smallest absolute Gasteiger partial charge is 0.321 e. The Kier molecular flexibility index (Phi) is 4.26. The second kappa shape index (κ2) is 6.33. The highest BCUT2D eigenvalue weighted by Gasteiger charge is 2.31. The van der Waals surface area contributed by atoms with E-state index in [2.05, 4.69) is 20.7 Å². The molecule has 0 spiro atoms. The number of nitrogens with one attached hydrogen (secondary N) is 2. The van der Waals surface area contributed by atoms with E-state index < -0.39 is 0 Å². The third kappa shape index (κ3) is 3.20. The van der Waals surface area contributed by atoms with Crippen LogP contribution in [0.5, 0.6) is 0 Å². The van der Waals surface area contributed by atoms with Gasteiger partial charge in [-0.1, -0.05) is 23.7 Å². The minimum absolute atomic E-state index is 0.102. The minimum atomic E-state index is -0.328. The lowest BCUT2D eigenvalue weighted by Crippen LogP contribution is -2.40. The Morgan fingerprint density at radius 2 is 2.18 bits per heavy atom. The molecule has 0 radical (unpaired) electrons. The summed E-state index contributed by atoms with van der Waals surface area (Å²) in [5.74, 6) is 0.388. The van der Waals surface area contributed by atoms with E-state index in [0.717, 1.165) is 12.0 Å². The fourth-order valence-electron chi connectivity index (χ4n) is 2.43. The number of amides is 2. The van der Waals surface area contributed by atoms with Gasteiger partial charge in [0.25, 0.3) is 0 Å². The maximum absolute atomic E-state index is 12.1. The van der Waals surface area contributed by atoms with Crippen molar-refractivity contribution in [3.63, 3.8) is 0 Å². The first-order valence-corrected chi connectivity index (χ1v) is 7.30. The van der Waals surface area contributed by atoms with Crippen LogP contribution in [-0.4, -0.2) is 33.4 Å². The van der Waals surface area contributed by atoms with Crippen molar-refractivity contribution in [3.8, 4) is 0 Å². The van der Waals surface area contributed by atoms with E-state index in [0.29, 0.717) is 17.6 Å². The fraction of sp³-hybridized carbons (Fsp3) is 0.357. The first-order valence-electron chi connectivity index (χ1n) is 6.92. The number of anilines is 1. The number of carbonyl (C=O) groups is 1. The van der Waals surface area contributed by atoms with Gasteiger partial charge < -0.3 is 10.1 Å². The summed E-state index contributed by atoms with van der Waals surface area (Å²) in [6.45, 7) is 0.599. The van der Waals surface area contributed by atoms with Crippen LogP contribution in [0.15, 0.2) is 30.6 Å². The maximum Gasteiger partial charge on any atom is 0.321 e. The minimum Gasteiger partial charge on any atom is -0.371 e. The highest BCUT2D eigenvalue weighted by molar-refractivity contribution is 6.30. The first kappa shape index (κ1) is 14.8. The maximum atomic E-state index is 12.1. The second-order valence-electron chi connectivity index (χ2n) is 5.04. The molecule has 0 saturated carbocycles. The quantitative estimate of drug-likeness (QED) is 0.907. The van der Waals surface area contributed by atoms with Gasteiger partial charge in [0, 0.05) is 18.7 Å². The van der Waals surface area contributed by atoms with Crippen LogP contribution in [0.4, 0.5) is 10.7 Å². The Labute approximate surface area is 132 Å². The Hall–Kier alpha value is -2.12. The molecule has 2 heterocycles. The monoisotopic (exact) mass is 321 g/mol. The molecular weight excluding hydrogens is 306 g/mol. The van der Waals surface area contributed by atoms with Crippen molar-refractivity contribution in [2.75, 3.05) is 11.9 Å².